The van der Waals surface area contributed by atoms with Crippen molar-refractivity contribution in [3.8, 4) is 11.5 Å². The Morgan fingerprint density at radius 2 is 1.66 bits per heavy atom. The average molecular weight is 624 g/mol. The first-order valence-electron chi connectivity index (χ1n) is 12.9. The van der Waals surface area contributed by atoms with Crippen molar-refractivity contribution in [2.24, 2.45) is 4.40 Å². The lowest BCUT2D eigenvalue weighted by atomic mass is 10.1. The number of rotatable bonds is 14. The van der Waals surface area contributed by atoms with Crippen LogP contribution in [0.15, 0.2) is 61.1 Å². The number of halogens is 1. The number of ether oxygens (including phenoxy) is 2. The van der Waals surface area contributed by atoms with E-state index in [0.29, 0.717) is 29.6 Å². The largest absolute Gasteiger partial charge is 0.493 e. The highest BCUT2D eigenvalue weighted by atomic mass is 79.9. The normalized spacial score (nSPS) is 16.0. The van der Waals surface area contributed by atoms with E-state index in [-0.39, 0.29) is 16.0 Å². The minimum absolute atomic E-state index is 0.0626. The van der Waals surface area contributed by atoms with Gasteiger partial charge in [0.05, 0.1) is 23.5 Å². The van der Waals surface area contributed by atoms with Crippen LogP contribution in [-0.2, 0) is 14.8 Å². The SMILES string of the molecule is CCCCCCCCCOc1cc(/C=C2\S/C(=N/S(=O)(=O)c3ccc(Br)cc3)N(CC)C2=O)ccc1OC. The molecule has 2 aromatic carbocycles. The number of carbonyl (C=O) groups excluding carboxylic acids is 1. The summed E-state index contributed by atoms with van der Waals surface area (Å²) in [4.78, 5) is 14.9. The van der Waals surface area contributed by atoms with Gasteiger partial charge >= 0.3 is 0 Å². The molecule has 206 valence electrons. The van der Waals surface area contributed by atoms with Crippen LogP contribution in [0.4, 0.5) is 0 Å². The number of carbonyl (C=O) groups is 1. The van der Waals surface area contributed by atoms with Crippen molar-refractivity contribution in [3.63, 3.8) is 0 Å². The summed E-state index contributed by atoms with van der Waals surface area (Å²) in [6.07, 6.45) is 10.1. The van der Waals surface area contributed by atoms with Gasteiger partial charge in [-0.25, -0.2) is 0 Å². The fraction of sp³-hybridized carbons (Fsp3) is 0.429. The van der Waals surface area contributed by atoms with Gasteiger partial charge in [0.1, 0.15) is 0 Å². The molecule has 0 unspecified atom stereocenters. The quantitative estimate of drug-likeness (QED) is 0.163. The molecule has 1 aliphatic rings. The lowest BCUT2D eigenvalue weighted by molar-refractivity contribution is -0.122. The molecule has 10 heteroatoms. The summed E-state index contributed by atoms with van der Waals surface area (Å²) in [5, 5.41) is 0.135. The summed E-state index contributed by atoms with van der Waals surface area (Å²) in [7, 11) is -2.38. The van der Waals surface area contributed by atoms with E-state index in [9.17, 15) is 13.2 Å². The highest BCUT2D eigenvalue weighted by Gasteiger charge is 2.34. The topological polar surface area (TPSA) is 85.3 Å². The number of thioether (sulfide) groups is 1. The smallest absolute Gasteiger partial charge is 0.284 e. The van der Waals surface area contributed by atoms with E-state index < -0.39 is 10.0 Å². The van der Waals surface area contributed by atoms with Gasteiger partial charge in [0.25, 0.3) is 15.9 Å². The van der Waals surface area contributed by atoms with Gasteiger partial charge in [-0.1, -0.05) is 67.4 Å². The highest BCUT2D eigenvalue weighted by Crippen LogP contribution is 2.35. The molecule has 2 aromatic rings. The van der Waals surface area contributed by atoms with E-state index in [0.717, 1.165) is 34.6 Å². The Labute approximate surface area is 238 Å². The van der Waals surface area contributed by atoms with Crippen LogP contribution in [0.25, 0.3) is 6.08 Å². The van der Waals surface area contributed by atoms with Crippen LogP contribution in [0, 0.1) is 0 Å². The Hall–Kier alpha value is -2.30. The summed E-state index contributed by atoms with van der Waals surface area (Å²) >= 11 is 4.35. The van der Waals surface area contributed by atoms with Crippen molar-refractivity contribution in [2.75, 3.05) is 20.3 Å². The first kappa shape index (κ1) is 30.2. The molecule has 0 spiro atoms. The minimum Gasteiger partial charge on any atom is -0.493 e. The number of nitrogens with zero attached hydrogens (tertiary/aromatic N) is 2. The van der Waals surface area contributed by atoms with Crippen LogP contribution in [0.2, 0.25) is 0 Å². The third-order valence-corrected chi connectivity index (χ3v) is 8.94. The zero-order valence-corrected chi connectivity index (χ0v) is 25.3. The Morgan fingerprint density at radius 3 is 2.32 bits per heavy atom. The number of hydrogen-bond donors (Lipinski definition) is 0. The molecule has 1 heterocycles. The number of hydrogen-bond acceptors (Lipinski definition) is 6. The van der Waals surface area contributed by atoms with E-state index in [1.54, 1.807) is 38.3 Å². The fourth-order valence-electron chi connectivity index (χ4n) is 3.91. The number of benzene rings is 2. The van der Waals surface area contributed by atoms with Crippen LogP contribution in [0.1, 0.15) is 64.4 Å². The van der Waals surface area contributed by atoms with Crippen molar-refractivity contribution in [3.05, 3.63) is 57.4 Å². The molecule has 0 saturated carbocycles. The van der Waals surface area contributed by atoms with Gasteiger partial charge < -0.3 is 9.47 Å². The molecule has 38 heavy (non-hydrogen) atoms. The van der Waals surface area contributed by atoms with E-state index >= 15 is 0 Å². The lowest BCUT2D eigenvalue weighted by Gasteiger charge is -2.12. The van der Waals surface area contributed by atoms with E-state index in [2.05, 4.69) is 27.3 Å². The van der Waals surface area contributed by atoms with Crippen LogP contribution in [-0.4, -0.2) is 44.7 Å². The van der Waals surface area contributed by atoms with Crippen molar-refractivity contribution in [2.45, 2.75) is 63.7 Å². The van der Waals surface area contributed by atoms with Gasteiger partial charge in [-0.3, -0.25) is 9.69 Å². The van der Waals surface area contributed by atoms with Crippen LogP contribution in [0.5, 0.6) is 11.5 Å². The molecule has 1 amide bonds. The standard InChI is InChI=1S/C28H35BrN2O5S2/c1-4-6-7-8-9-10-11-18-36-25-19-21(12-17-24(25)35-3)20-26-27(32)31(5-2)28(37-26)30-38(33,34)23-15-13-22(29)14-16-23/h12-17,19-20H,4-11,18H2,1-3H3/b26-20-,30-28+. The van der Waals surface area contributed by atoms with Crippen LogP contribution >= 0.6 is 27.7 Å². The molecular weight excluding hydrogens is 588 g/mol. The van der Waals surface area contributed by atoms with Gasteiger partial charge in [-0.15, -0.1) is 4.40 Å². The molecule has 7 nitrogen and oxygen atoms in total. The fourth-order valence-corrected chi connectivity index (χ4v) is 6.41. The summed E-state index contributed by atoms with van der Waals surface area (Å²) < 4.78 is 41.9. The molecular formula is C28H35BrN2O5S2. The minimum atomic E-state index is -3.97. The number of methoxy groups -OCH3 is 1. The number of amides is 1. The van der Waals surface area contributed by atoms with Gasteiger partial charge in [0.15, 0.2) is 16.7 Å². The molecule has 3 rings (SSSR count). The molecule has 0 aromatic heterocycles. The summed E-state index contributed by atoms with van der Waals surface area (Å²) in [5.74, 6) is 0.949. The van der Waals surface area contributed by atoms with Crippen molar-refractivity contribution in [1.29, 1.82) is 0 Å². The summed E-state index contributed by atoms with van der Waals surface area (Å²) in [6.45, 7) is 4.89. The first-order chi connectivity index (χ1) is 18.3. The third kappa shape index (κ3) is 8.35. The molecule has 0 aliphatic carbocycles. The van der Waals surface area contributed by atoms with Gasteiger partial charge in [-0.2, -0.15) is 8.42 Å². The summed E-state index contributed by atoms with van der Waals surface area (Å²) in [5.41, 5.74) is 0.754. The second-order valence-electron chi connectivity index (χ2n) is 8.84. The number of likely N-dealkylation sites (N-methyl/N-ethyl adjacent to an activating group) is 1. The molecule has 0 radical (unpaired) electrons. The van der Waals surface area contributed by atoms with Gasteiger partial charge in [-0.05, 0) is 73.1 Å². The Kier molecular flexibility index (Phi) is 11.7. The molecule has 1 saturated heterocycles. The highest BCUT2D eigenvalue weighted by molar-refractivity contribution is 9.10. The monoisotopic (exact) mass is 622 g/mol. The predicted octanol–water partition coefficient (Wildman–Crippen LogP) is 7.27. The number of unbranched alkanes of at least 4 members (excludes halogenated alkanes) is 6. The maximum Gasteiger partial charge on any atom is 0.284 e. The second-order valence-corrected chi connectivity index (χ2v) is 12.4. The zero-order chi connectivity index (χ0) is 27.5. The van der Waals surface area contributed by atoms with E-state index in [1.807, 2.05) is 12.1 Å². The molecule has 0 atom stereocenters. The third-order valence-electron chi connectivity index (χ3n) is 6.00. The maximum atomic E-state index is 13.1. The van der Waals surface area contributed by atoms with Crippen molar-refractivity contribution in [1.82, 2.24) is 4.90 Å². The van der Waals surface area contributed by atoms with Gasteiger partial charge in [0, 0.05) is 11.0 Å². The van der Waals surface area contributed by atoms with Crippen molar-refractivity contribution < 1.29 is 22.7 Å². The Balaban J connectivity index is 1.73. The second kappa shape index (κ2) is 14.7. The molecule has 1 fully saturated rings. The van der Waals surface area contributed by atoms with Gasteiger partial charge in [0.2, 0.25) is 0 Å². The predicted molar refractivity (Wildman–Crippen MR) is 158 cm³/mol. The number of amidine groups is 1. The average Bonchev–Trinajstić information content (AvgIpc) is 3.18. The van der Waals surface area contributed by atoms with Crippen LogP contribution < -0.4 is 9.47 Å². The molecule has 1 aliphatic heterocycles. The Morgan fingerprint density at radius 1 is 0.974 bits per heavy atom. The van der Waals surface area contributed by atoms with E-state index in [1.165, 1.54) is 49.1 Å². The first-order valence-corrected chi connectivity index (χ1v) is 16.0. The Bertz CT molecular complexity index is 1260. The van der Waals surface area contributed by atoms with Crippen LogP contribution in [0.3, 0.4) is 0 Å². The number of sulfonamides is 1. The lowest BCUT2D eigenvalue weighted by Crippen LogP contribution is -2.29. The van der Waals surface area contributed by atoms with E-state index in [4.69, 9.17) is 9.47 Å². The molecule has 0 N–H and O–H groups in total. The summed E-state index contributed by atoms with van der Waals surface area (Å²) in [6, 6.07) is 11.7. The molecule has 0 bridgehead atoms. The van der Waals surface area contributed by atoms with Crippen molar-refractivity contribution >= 4 is 54.9 Å². The maximum absolute atomic E-state index is 13.1. The zero-order valence-electron chi connectivity index (χ0n) is 22.1.